The van der Waals surface area contributed by atoms with Gasteiger partial charge in [-0.3, -0.25) is 4.79 Å². The van der Waals surface area contributed by atoms with Crippen molar-refractivity contribution in [2.45, 2.75) is 39.7 Å². The average molecular weight is 254 g/mol. The van der Waals surface area contributed by atoms with Gasteiger partial charge in [0, 0.05) is 17.6 Å². The lowest BCUT2D eigenvalue weighted by Gasteiger charge is -2.19. The zero-order chi connectivity index (χ0) is 13.0. The third-order valence-corrected chi connectivity index (χ3v) is 3.06. The fraction of sp³-hybridized carbons (Fsp3) is 0.500. The Hall–Kier alpha value is -0.860. The lowest BCUT2D eigenvalue weighted by molar-refractivity contribution is -0.118. The van der Waals surface area contributed by atoms with E-state index in [1.807, 2.05) is 25.1 Å². The summed E-state index contributed by atoms with van der Waals surface area (Å²) >= 11 is 5.93. The van der Waals surface area contributed by atoms with Crippen molar-refractivity contribution in [3.05, 3.63) is 34.3 Å². The van der Waals surface area contributed by atoms with Gasteiger partial charge in [0.2, 0.25) is 0 Å². The van der Waals surface area contributed by atoms with Gasteiger partial charge in [-0.1, -0.05) is 31.5 Å². The van der Waals surface area contributed by atoms with Gasteiger partial charge in [0.15, 0.2) is 0 Å². The minimum atomic E-state index is -0.0883. The van der Waals surface area contributed by atoms with E-state index < -0.39 is 0 Å². The maximum absolute atomic E-state index is 11.7. The topological polar surface area (TPSA) is 29.1 Å². The Morgan fingerprint density at radius 2 is 2.06 bits per heavy atom. The Morgan fingerprint density at radius 1 is 1.41 bits per heavy atom. The molecule has 3 heteroatoms. The Balaban J connectivity index is 2.93. The van der Waals surface area contributed by atoms with E-state index >= 15 is 0 Å². The van der Waals surface area contributed by atoms with Crippen molar-refractivity contribution in [3.8, 4) is 0 Å². The molecule has 1 N–H and O–H groups in total. The normalized spacial score (nSPS) is 12.8. The number of aryl methyl sites for hydroxylation is 1. The standard InChI is InChI=1S/C14H20ClNO/c1-9(2)16-8-14(11(4)17)13-6-5-12(15)7-10(13)3/h5-7,9,14,16H,8H2,1-4H3. The first kappa shape index (κ1) is 14.2. The Labute approximate surface area is 108 Å². The van der Waals surface area contributed by atoms with Crippen LogP contribution in [-0.4, -0.2) is 18.4 Å². The molecule has 0 aliphatic heterocycles. The number of hydrogen-bond acceptors (Lipinski definition) is 2. The maximum Gasteiger partial charge on any atom is 0.138 e. The molecule has 0 amide bonds. The Kier molecular flexibility index (Phi) is 5.16. The average Bonchev–Trinajstić information content (AvgIpc) is 2.20. The predicted molar refractivity (Wildman–Crippen MR) is 72.7 cm³/mol. The molecule has 0 saturated carbocycles. The second-order valence-corrected chi connectivity index (χ2v) is 5.16. The van der Waals surface area contributed by atoms with Crippen molar-refractivity contribution in [2.24, 2.45) is 0 Å². The summed E-state index contributed by atoms with van der Waals surface area (Å²) in [6.07, 6.45) is 0. The molecule has 0 aliphatic rings. The minimum Gasteiger partial charge on any atom is -0.313 e. The molecule has 1 rings (SSSR count). The van der Waals surface area contributed by atoms with Crippen molar-refractivity contribution in [2.75, 3.05) is 6.54 Å². The van der Waals surface area contributed by atoms with E-state index in [0.29, 0.717) is 17.6 Å². The van der Waals surface area contributed by atoms with Crippen LogP contribution in [-0.2, 0) is 4.79 Å². The predicted octanol–water partition coefficient (Wildman–Crippen LogP) is 3.32. The number of carbonyl (C=O) groups excluding carboxylic acids is 1. The van der Waals surface area contributed by atoms with Gasteiger partial charge in [0.05, 0.1) is 5.92 Å². The molecule has 17 heavy (non-hydrogen) atoms. The summed E-state index contributed by atoms with van der Waals surface area (Å²) in [4.78, 5) is 11.7. The Morgan fingerprint density at radius 3 is 2.53 bits per heavy atom. The van der Waals surface area contributed by atoms with Crippen LogP contribution in [0.2, 0.25) is 5.02 Å². The zero-order valence-electron chi connectivity index (χ0n) is 10.9. The maximum atomic E-state index is 11.7. The summed E-state index contributed by atoms with van der Waals surface area (Å²) in [5.74, 6) is 0.0956. The number of Topliss-reactive ketones (excluding diaryl/α,β-unsaturated/α-hetero) is 1. The van der Waals surface area contributed by atoms with Crippen LogP contribution in [0.3, 0.4) is 0 Å². The highest BCUT2D eigenvalue weighted by molar-refractivity contribution is 6.30. The van der Waals surface area contributed by atoms with E-state index in [1.54, 1.807) is 6.92 Å². The number of rotatable bonds is 5. The molecule has 2 nitrogen and oxygen atoms in total. The van der Waals surface area contributed by atoms with Crippen molar-refractivity contribution >= 4 is 17.4 Å². The summed E-state index contributed by atoms with van der Waals surface area (Å²) in [7, 11) is 0. The van der Waals surface area contributed by atoms with Gasteiger partial charge in [0.1, 0.15) is 5.78 Å². The first-order valence-corrected chi connectivity index (χ1v) is 6.29. The number of ketones is 1. The van der Waals surface area contributed by atoms with E-state index in [-0.39, 0.29) is 11.7 Å². The van der Waals surface area contributed by atoms with Crippen molar-refractivity contribution in [1.29, 1.82) is 0 Å². The molecule has 0 heterocycles. The van der Waals surface area contributed by atoms with Crippen LogP contribution >= 0.6 is 11.6 Å². The molecule has 94 valence electrons. The summed E-state index contributed by atoms with van der Waals surface area (Å²) < 4.78 is 0. The van der Waals surface area contributed by atoms with Gasteiger partial charge in [-0.05, 0) is 37.1 Å². The third kappa shape index (κ3) is 4.14. The summed E-state index contributed by atoms with van der Waals surface area (Å²) in [5.41, 5.74) is 2.14. The fourth-order valence-corrected chi connectivity index (χ4v) is 2.08. The molecule has 0 aliphatic carbocycles. The number of benzene rings is 1. The number of hydrogen-bond donors (Lipinski definition) is 1. The van der Waals surface area contributed by atoms with E-state index in [2.05, 4.69) is 19.2 Å². The molecule has 0 radical (unpaired) electrons. The highest BCUT2D eigenvalue weighted by Crippen LogP contribution is 2.23. The number of nitrogens with one attached hydrogen (secondary N) is 1. The van der Waals surface area contributed by atoms with E-state index in [0.717, 1.165) is 11.1 Å². The second kappa shape index (κ2) is 6.18. The quantitative estimate of drug-likeness (QED) is 0.872. The highest BCUT2D eigenvalue weighted by Gasteiger charge is 2.18. The molecule has 1 aromatic rings. The van der Waals surface area contributed by atoms with Crippen molar-refractivity contribution < 1.29 is 4.79 Å². The second-order valence-electron chi connectivity index (χ2n) is 4.73. The molecule has 1 unspecified atom stereocenters. The van der Waals surface area contributed by atoms with Gasteiger partial charge < -0.3 is 5.32 Å². The first-order valence-electron chi connectivity index (χ1n) is 5.91. The summed E-state index contributed by atoms with van der Waals surface area (Å²) in [6, 6.07) is 6.08. The molecule has 0 saturated heterocycles. The van der Waals surface area contributed by atoms with E-state index in [4.69, 9.17) is 11.6 Å². The molecule has 0 aromatic heterocycles. The molecule has 0 bridgehead atoms. The van der Waals surface area contributed by atoms with Gasteiger partial charge in [0.25, 0.3) is 0 Å². The zero-order valence-corrected chi connectivity index (χ0v) is 11.6. The van der Waals surface area contributed by atoms with Crippen LogP contribution < -0.4 is 5.32 Å². The lowest BCUT2D eigenvalue weighted by Crippen LogP contribution is -2.31. The van der Waals surface area contributed by atoms with Gasteiger partial charge in [-0.2, -0.15) is 0 Å². The molecular formula is C14H20ClNO. The summed E-state index contributed by atoms with van der Waals surface area (Å²) in [6.45, 7) is 8.46. The molecule has 1 aromatic carbocycles. The number of carbonyl (C=O) groups is 1. The molecule has 0 spiro atoms. The SMILES string of the molecule is CC(=O)C(CNC(C)C)c1ccc(Cl)cc1C. The number of halogens is 1. The van der Waals surface area contributed by atoms with Crippen molar-refractivity contribution in [3.63, 3.8) is 0 Å². The smallest absolute Gasteiger partial charge is 0.138 e. The first-order chi connectivity index (χ1) is 7.91. The van der Waals surface area contributed by atoms with Crippen LogP contribution in [0, 0.1) is 6.92 Å². The fourth-order valence-electron chi connectivity index (χ4n) is 1.86. The molecule has 0 fully saturated rings. The van der Waals surface area contributed by atoms with Crippen LogP contribution in [0.4, 0.5) is 0 Å². The van der Waals surface area contributed by atoms with Crippen molar-refractivity contribution in [1.82, 2.24) is 5.32 Å². The monoisotopic (exact) mass is 253 g/mol. The van der Waals surface area contributed by atoms with Crippen LogP contribution in [0.5, 0.6) is 0 Å². The largest absolute Gasteiger partial charge is 0.313 e. The van der Waals surface area contributed by atoms with Crippen LogP contribution in [0.25, 0.3) is 0 Å². The van der Waals surface area contributed by atoms with E-state index in [1.165, 1.54) is 0 Å². The highest BCUT2D eigenvalue weighted by atomic mass is 35.5. The molecule has 1 atom stereocenters. The lowest BCUT2D eigenvalue weighted by atomic mass is 9.91. The van der Waals surface area contributed by atoms with Crippen LogP contribution in [0.15, 0.2) is 18.2 Å². The van der Waals surface area contributed by atoms with Gasteiger partial charge in [-0.15, -0.1) is 0 Å². The third-order valence-electron chi connectivity index (χ3n) is 2.83. The minimum absolute atomic E-state index is 0.0883. The van der Waals surface area contributed by atoms with Crippen LogP contribution in [0.1, 0.15) is 37.8 Å². The van der Waals surface area contributed by atoms with Gasteiger partial charge >= 0.3 is 0 Å². The van der Waals surface area contributed by atoms with Gasteiger partial charge in [-0.25, -0.2) is 0 Å². The summed E-state index contributed by atoms with van der Waals surface area (Å²) in [5, 5.41) is 4.03. The Bertz CT molecular complexity index is 401. The molecular weight excluding hydrogens is 234 g/mol. The van der Waals surface area contributed by atoms with E-state index in [9.17, 15) is 4.79 Å².